The molecule has 2 saturated heterocycles. The Morgan fingerprint density at radius 1 is 1.00 bits per heavy atom. The first-order valence-corrected chi connectivity index (χ1v) is 12.0. The zero-order chi connectivity index (χ0) is 22.9. The Hall–Kier alpha value is -3.12. The van der Waals surface area contributed by atoms with Gasteiger partial charge in [0.15, 0.2) is 0 Å². The molecule has 6 nitrogen and oxygen atoms in total. The zero-order valence-corrected chi connectivity index (χ0v) is 19.5. The third kappa shape index (κ3) is 4.27. The summed E-state index contributed by atoms with van der Waals surface area (Å²) in [5.41, 5.74) is 5.32. The topological polar surface area (TPSA) is 59.7 Å². The number of nitrogens with one attached hydrogen (secondary N) is 1. The van der Waals surface area contributed by atoms with Crippen LogP contribution in [0.4, 0.5) is 0 Å². The molecule has 0 saturated carbocycles. The van der Waals surface area contributed by atoms with E-state index < -0.39 is 0 Å². The van der Waals surface area contributed by atoms with E-state index in [4.69, 9.17) is 0 Å². The molecule has 6 heteroatoms. The Bertz CT molecular complexity index is 1160. The third-order valence-electron chi connectivity index (χ3n) is 7.32. The largest absolute Gasteiger partial charge is 0.358 e. The molecule has 33 heavy (non-hydrogen) atoms. The summed E-state index contributed by atoms with van der Waals surface area (Å²) >= 11 is 0. The van der Waals surface area contributed by atoms with Crippen molar-refractivity contribution in [2.24, 2.45) is 0 Å². The number of carbonyl (C=O) groups is 2. The lowest BCUT2D eigenvalue weighted by atomic mass is 10.0. The first kappa shape index (κ1) is 21.7. The van der Waals surface area contributed by atoms with Gasteiger partial charge in [-0.05, 0) is 56.0 Å². The molecule has 2 aliphatic heterocycles. The SMILES string of the molecule is Cc1[nH]c2ccc(C(=O)N3CCN([C@@H]4CCCN(Cc5ccccc5)C4=O)CC3)cc2c1C. The van der Waals surface area contributed by atoms with E-state index in [-0.39, 0.29) is 17.9 Å². The van der Waals surface area contributed by atoms with Crippen molar-refractivity contribution in [2.75, 3.05) is 32.7 Å². The van der Waals surface area contributed by atoms with Crippen molar-refractivity contribution in [3.8, 4) is 0 Å². The normalized spacial score (nSPS) is 19.9. The lowest BCUT2D eigenvalue weighted by Crippen LogP contribution is -2.58. The van der Waals surface area contributed by atoms with Gasteiger partial charge in [0, 0.05) is 61.4 Å². The molecule has 2 aromatic carbocycles. The number of nitrogens with zero attached hydrogens (tertiary/aromatic N) is 3. The predicted octanol–water partition coefficient (Wildman–Crippen LogP) is 3.73. The van der Waals surface area contributed by atoms with Gasteiger partial charge >= 0.3 is 0 Å². The first-order valence-electron chi connectivity index (χ1n) is 12.0. The number of hydrogen-bond donors (Lipinski definition) is 1. The molecule has 0 radical (unpaired) electrons. The number of likely N-dealkylation sites (tertiary alicyclic amines) is 1. The van der Waals surface area contributed by atoms with Crippen molar-refractivity contribution >= 4 is 22.7 Å². The predicted molar refractivity (Wildman–Crippen MR) is 130 cm³/mol. The summed E-state index contributed by atoms with van der Waals surface area (Å²) in [6.07, 6.45) is 1.93. The van der Waals surface area contributed by atoms with E-state index in [1.54, 1.807) is 0 Å². The van der Waals surface area contributed by atoms with Gasteiger partial charge in [-0.15, -0.1) is 0 Å². The number of piperazine rings is 1. The van der Waals surface area contributed by atoms with Crippen LogP contribution in [0.25, 0.3) is 10.9 Å². The van der Waals surface area contributed by atoms with E-state index in [0.29, 0.717) is 19.6 Å². The van der Waals surface area contributed by atoms with Crippen LogP contribution < -0.4 is 0 Å². The average Bonchev–Trinajstić information content (AvgIpc) is 3.13. The molecule has 2 fully saturated rings. The van der Waals surface area contributed by atoms with E-state index in [9.17, 15) is 9.59 Å². The van der Waals surface area contributed by atoms with Crippen LogP contribution in [-0.2, 0) is 11.3 Å². The van der Waals surface area contributed by atoms with E-state index in [1.807, 2.05) is 46.2 Å². The number of fused-ring (bicyclic) bond motifs is 1. The third-order valence-corrected chi connectivity index (χ3v) is 7.32. The molecule has 3 aromatic rings. The Morgan fingerprint density at radius 2 is 1.76 bits per heavy atom. The second-order valence-electron chi connectivity index (χ2n) is 9.37. The number of aromatic amines is 1. The molecule has 3 heterocycles. The van der Waals surface area contributed by atoms with E-state index in [1.165, 1.54) is 11.1 Å². The Kier molecular flexibility index (Phi) is 5.94. The van der Waals surface area contributed by atoms with E-state index in [2.05, 4.69) is 35.9 Å². The van der Waals surface area contributed by atoms with Crippen LogP contribution >= 0.6 is 0 Å². The summed E-state index contributed by atoms with van der Waals surface area (Å²) in [4.78, 5) is 36.0. The molecule has 2 amide bonds. The van der Waals surface area contributed by atoms with Crippen LogP contribution in [0.5, 0.6) is 0 Å². The number of benzene rings is 2. The van der Waals surface area contributed by atoms with Crippen LogP contribution in [0.2, 0.25) is 0 Å². The molecule has 0 unspecified atom stereocenters. The molecule has 1 aromatic heterocycles. The summed E-state index contributed by atoms with van der Waals surface area (Å²) < 4.78 is 0. The van der Waals surface area contributed by atoms with E-state index >= 15 is 0 Å². The van der Waals surface area contributed by atoms with Crippen LogP contribution in [0, 0.1) is 13.8 Å². The van der Waals surface area contributed by atoms with Crippen LogP contribution in [0.3, 0.4) is 0 Å². The number of piperidine rings is 1. The standard InChI is InChI=1S/C27H32N4O2/c1-19-20(2)28-24-11-10-22(17-23(19)24)26(32)30-15-13-29(14-16-30)25-9-6-12-31(27(25)33)18-21-7-4-3-5-8-21/h3-5,7-8,10-11,17,25,28H,6,9,12-16,18H2,1-2H3/t25-/m1/s1. The molecular weight excluding hydrogens is 412 g/mol. The molecule has 0 spiro atoms. The van der Waals surface area contributed by atoms with Gasteiger partial charge < -0.3 is 14.8 Å². The quantitative estimate of drug-likeness (QED) is 0.667. The highest BCUT2D eigenvalue weighted by atomic mass is 16.2. The molecule has 172 valence electrons. The highest BCUT2D eigenvalue weighted by Gasteiger charge is 2.35. The van der Waals surface area contributed by atoms with Gasteiger partial charge in [-0.3, -0.25) is 14.5 Å². The van der Waals surface area contributed by atoms with Gasteiger partial charge in [0.2, 0.25) is 5.91 Å². The van der Waals surface area contributed by atoms with Crippen molar-refractivity contribution in [3.05, 3.63) is 70.9 Å². The average molecular weight is 445 g/mol. The lowest BCUT2D eigenvalue weighted by molar-refractivity contribution is -0.141. The van der Waals surface area contributed by atoms with Crippen molar-refractivity contribution in [1.82, 2.24) is 19.7 Å². The maximum atomic E-state index is 13.2. The number of aryl methyl sites for hydroxylation is 2. The van der Waals surface area contributed by atoms with Gasteiger partial charge in [-0.1, -0.05) is 30.3 Å². The second-order valence-corrected chi connectivity index (χ2v) is 9.37. The van der Waals surface area contributed by atoms with Gasteiger partial charge in [-0.25, -0.2) is 0 Å². The molecular formula is C27H32N4O2. The number of carbonyl (C=O) groups excluding carboxylic acids is 2. The maximum absolute atomic E-state index is 13.2. The molecule has 5 rings (SSSR count). The van der Waals surface area contributed by atoms with Crippen LogP contribution in [0.15, 0.2) is 48.5 Å². The molecule has 0 bridgehead atoms. The van der Waals surface area contributed by atoms with Gasteiger partial charge in [0.25, 0.3) is 5.91 Å². The van der Waals surface area contributed by atoms with Crippen molar-refractivity contribution in [2.45, 2.75) is 39.3 Å². The first-order chi connectivity index (χ1) is 16.0. The maximum Gasteiger partial charge on any atom is 0.253 e. The molecule has 2 aliphatic rings. The molecule has 1 atom stereocenters. The summed E-state index contributed by atoms with van der Waals surface area (Å²) in [5.74, 6) is 0.309. The van der Waals surface area contributed by atoms with E-state index in [0.717, 1.165) is 54.6 Å². The van der Waals surface area contributed by atoms with Crippen molar-refractivity contribution in [3.63, 3.8) is 0 Å². The summed E-state index contributed by atoms with van der Waals surface area (Å²) in [6, 6.07) is 16.1. The van der Waals surface area contributed by atoms with Crippen molar-refractivity contribution in [1.29, 1.82) is 0 Å². The monoisotopic (exact) mass is 444 g/mol. The molecule has 0 aliphatic carbocycles. The number of hydrogen-bond acceptors (Lipinski definition) is 3. The van der Waals surface area contributed by atoms with Crippen LogP contribution in [-0.4, -0.2) is 70.3 Å². The fourth-order valence-corrected chi connectivity index (χ4v) is 5.23. The zero-order valence-electron chi connectivity index (χ0n) is 19.5. The highest BCUT2D eigenvalue weighted by Crippen LogP contribution is 2.24. The number of rotatable bonds is 4. The minimum absolute atomic E-state index is 0.0680. The summed E-state index contributed by atoms with van der Waals surface area (Å²) in [7, 11) is 0. The second kappa shape index (κ2) is 9.02. The van der Waals surface area contributed by atoms with Crippen LogP contribution in [0.1, 0.15) is 40.0 Å². The Morgan fingerprint density at radius 3 is 2.52 bits per heavy atom. The number of aromatic nitrogens is 1. The Labute approximate surface area is 195 Å². The fraction of sp³-hybridized carbons (Fsp3) is 0.407. The summed E-state index contributed by atoms with van der Waals surface area (Å²) in [5, 5.41) is 1.11. The molecule has 1 N–H and O–H groups in total. The minimum Gasteiger partial charge on any atom is -0.358 e. The number of amides is 2. The van der Waals surface area contributed by atoms with Gasteiger partial charge in [-0.2, -0.15) is 0 Å². The van der Waals surface area contributed by atoms with Gasteiger partial charge in [0.05, 0.1) is 6.04 Å². The highest BCUT2D eigenvalue weighted by molar-refractivity contribution is 5.99. The van der Waals surface area contributed by atoms with Gasteiger partial charge in [0.1, 0.15) is 0 Å². The fourth-order valence-electron chi connectivity index (χ4n) is 5.23. The minimum atomic E-state index is -0.0680. The summed E-state index contributed by atoms with van der Waals surface area (Å²) in [6.45, 7) is 8.44. The van der Waals surface area contributed by atoms with Crippen molar-refractivity contribution < 1.29 is 9.59 Å². The Balaban J connectivity index is 1.22. The number of H-pyrrole nitrogens is 1. The lowest BCUT2D eigenvalue weighted by Gasteiger charge is -2.42. The smallest absolute Gasteiger partial charge is 0.253 e.